The van der Waals surface area contributed by atoms with E-state index < -0.39 is 11.5 Å². The molecule has 2 fully saturated rings. The number of aliphatic carboxylic acids is 1. The summed E-state index contributed by atoms with van der Waals surface area (Å²) in [5.41, 5.74) is 5.40. The summed E-state index contributed by atoms with van der Waals surface area (Å²) >= 11 is 0. The lowest BCUT2D eigenvalue weighted by atomic mass is 9.86. The molecule has 5 heteroatoms. The molecule has 114 valence electrons. The van der Waals surface area contributed by atoms with E-state index in [0.29, 0.717) is 6.42 Å². The lowest BCUT2D eigenvalue weighted by Crippen LogP contribution is -2.58. The number of carboxylic acids is 1. The molecule has 0 aliphatic carbocycles. The van der Waals surface area contributed by atoms with Crippen LogP contribution in [0.2, 0.25) is 0 Å². The highest BCUT2D eigenvalue weighted by Gasteiger charge is 2.47. The first-order chi connectivity index (χ1) is 9.35. The van der Waals surface area contributed by atoms with Crippen LogP contribution in [0.4, 0.5) is 0 Å². The number of hydrogen-bond acceptors (Lipinski definition) is 3. The Kier molecular flexibility index (Phi) is 4.37. The Labute approximate surface area is 120 Å². The van der Waals surface area contributed by atoms with Gasteiger partial charge >= 0.3 is 5.97 Å². The van der Waals surface area contributed by atoms with Gasteiger partial charge in [-0.05, 0) is 44.9 Å². The van der Waals surface area contributed by atoms with Gasteiger partial charge in [-0.25, -0.2) is 0 Å². The average Bonchev–Trinajstić information content (AvgIpc) is 2.59. The first-order valence-electron chi connectivity index (χ1n) is 7.68. The van der Waals surface area contributed by atoms with Crippen LogP contribution in [0.1, 0.15) is 58.8 Å². The SMILES string of the molecule is CCCC(C)(N)C(=O)N1C2CCC1CC(CC(=O)O)C2. The summed E-state index contributed by atoms with van der Waals surface area (Å²) in [4.78, 5) is 25.5. The lowest BCUT2D eigenvalue weighted by Gasteiger charge is -2.42. The number of nitrogens with zero attached hydrogens (tertiary/aromatic N) is 1. The minimum absolute atomic E-state index is 0.0561. The van der Waals surface area contributed by atoms with Crippen molar-refractivity contribution in [3.8, 4) is 0 Å². The maximum atomic E-state index is 12.7. The Morgan fingerprint density at radius 1 is 1.30 bits per heavy atom. The maximum absolute atomic E-state index is 12.7. The fourth-order valence-electron chi connectivity index (χ4n) is 3.96. The van der Waals surface area contributed by atoms with Crippen LogP contribution in [0.3, 0.4) is 0 Å². The molecule has 0 spiro atoms. The Balaban J connectivity index is 2.05. The molecule has 3 N–H and O–H groups in total. The molecule has 2 heterocycles. The molecule has 3 unspecified atom stereocenters. The highest BCUT2D eigenvalue weighted by atomic mass is 16.4. The number of hydrogen-bond donors (Lipinski definition) is 2. The topological polar surface area (TPSA) is 83.6 Å². The van der Waals surface area contributed by atoms with E-state index in [4.69, 9.17) is 10.8 Å². The summed E-state index contributed by atoms with van der Waals surface area (Å²) in [7, 11) is 0. The van der Waals surface area contributed by atoms with E-state index in [-0.39, 0.29) is 30.3 Å². The van der Waals surface area contributed by atoms with E-state index in [0.717, 1.165) is 32.1 Å². The van der Waals surface area contributed by atoms with Gasteiger partial charge in [0, 0.05) is 18.5 Å². The van der Waals surface area contributed by atoms with Gasteiger partial charge in [-0.3, -0.25) is 9.59 Å². The second-order valence-corrected chi connectivity index (χ2v) is 6.70. The number of nitrogens with two attached hydrogens (primary N) is 1. The van der Waals surface area contributed by atoms with Crippen LogP contribution < -0.4 is 5.73 Å². The Hall–Kier alpha value is -1.10. The van der Waals surface area contributed by atoms with Gasteiger partial charge < -0.3 is 15.7 Å². The molecule has 5 nitrogen and oxygen atoms in total. The summed E-state index contributed by atoms with van der Waals surface area (Å²) in [5, 5.41) is 8.93. The van der Waals surface area contributed by atoms with Crippen molar-refractivity contribution in [1.82, 2.24) is 4.90 Å². The second-order valence-electron chi connectivity index (χ2n) is 6.70. The molecule has 2 saturated heterocycles. The lowest BCUT2D eigenvalue weighted by molar-refractivity contribution is -0.143. The predicted octanol–water partition coefficient (Wildman–Crippen LogP) is 1.75. The van der Waals surface area contributed by atoms with Gasteiger partial charge in [-0.1, -0.05) is 13.3 Å². The third-order valence-corrected chi connectivity index (χ3v) is 4.79. The summed E-state index contributed by atoms with van der Waals surface area (Å²) < 4.78 is 0. The minimum atomic E-state index is -0.783. The van der Waals surface area contributed by atoms with Crippen molar-refractivity contribution in [2.75, 3.05) is 0 Å². The highest BCUT2D eigenvalue weighted by Crippen LogP contribution is 2.41. The van der Waals surface area contributed by atoms with Crippen LogP contribution in [0.15, 0.2) is 0 Å². The molecule has 0 aromatic heterocycles. The second kappa shape index (κ2) is 5.72. The van der Waals surface area contributed by atoms with Crippen molar-refractivity contribution in [3.63, 3.8) is 0 Å². The normalized spacial score (nSPS) is 31.9. The van der Waals surface area contributed by atoms with E-state index in [1.165, 1.54) is 0 Å². The van der Waals surface area contributed by atoms with E-state index >= 15 is 0 Å². The van der Waals surface area contributed by atoms with Crippen molar-refractivity contribution in [2.45, 2.75) is 76.4 Å². The fraction of sp³-hybridized carbons (Fsp3) is 0.867. The Morgan fingerprint density at radius 3 is 2.30 bits per heavy atom. The number of carboxylic acid groups (broad SMARTS) is 1. The average molecular weight is 282 g/mol. The summed E-state index contributed by atoms with van der Waals surface area (Å²) in [6.07, 6.45) is 5.44. The van der Waals surface area contributed by atoms with Crippen molar-refractivity contribution in [1.29, 1.82) is 0 Å². The first-order valence-corrected chi connectivity index (χ1v) is 7.68. The largest absolute Gasteiger partial charge is 0.481 e. The summed E-state index contributed by atoms with van der Waals surface area (Å²) in [5.74, 6) is -0.464. The van der Waals surface area contributed by atoms with Gasteiger partial charge in [0.15, 0.2) is 0 Å². The number of fused-ring (bicyclic) bond motifs is 2. The van der Waals surface area contributed by atoms with E-state index in [1.807, 2.05) is 18.7 Å². The summed E-state index contributed by atoms with van der Waals surface area (Å²) in [6, 6.07) is 0.399. The molecular formula is C15H26N2O3. The predicted molar refractivity (Wildman–Crippen MR) is 76.1 cm³/mol. The van der Waals surface area contributed by atoms with Gasteiger partial charge in [0.25, 0.3) is 0 Å². The molecule has 3 atom stereocenters. The number of carbonyl (C=O) groups excluding carboxylic acids is 1. The zero-order valence-electron chi connectivity index (χ0n) is 12.5. The Morgan fingerprint density at radius 2 is 1.85 bits per heavy atom. The van der Waals surface area contributed by atoms with Crippen LogP contribution in [-0.2, 0) is 9.59 Å². The molecule has 0 aromatic carbocycles. The monoisotopic (exact) mass is 282 g/mol. The van der Waals surface area contributed by atoms with Gasteiger partial charge in [-0.2, -0.15) is 0 Å². The smallest absolute Gasteiger partial charge is 0.303 e. The van der Waals surface area contributed by atoms with Gasteiger partial charge in [0.2, 0.25) is 5.91 Å². The van der Waals surface area contributed by atoms with Crippen LogP contribution in [-0.4, -0.2) is 39.5 Å². The molecule has 0 aromatic rings. The Bertz CT molecular complexity index is 381. The third-order valence-electron chi connectivity index (χ3n) is 4.79. The minimum Gasteiger partial charge on any atom is -0.481 e. The van der Waals surface area contributed by atoms with Crippen molar-refractivity contribution >= 4 is 11.9 Å². The van der Waals surface area contributed by atoms with Crippen LogP contribution in [0.25, 0.3) is 0 Å². The standard InChI is InChI=1S/C15H26N2O3/c1-3-6-15(2,16)14(20)17-11-4-5-12(17)8-10(7-11)9-13(18)19/h10-12H,3-9,16H2,1-2H3,(H,18,19). The summed E-state index contributed by atoms with van der Waals surface area (Å²) in [6.45, 7) is 3.85. The van der Waals surface area contributed by atoms with E-state index in [1.54, 1.807) is 0 Å². The van der Waals surface area contributed by atoms with Gasteiger partial charge in [0.1, 0.15) is 0 Å². The van der Waals surface area contributed by atoms with E-state index in [2.05, 4.69) is 0 Å². The van der Waals surface area contributed by atoms with Gasteiger partial charge in [-0.15, -0.1) is 0 Å². The van der Waals surface area contributed by atoms with Crippen molar-refractivity contribution in [3.05, 3.63) is 0 Å². The zero-order valence-corrected chi connectivity index (χ0v) is 12.5. The molecular weight excluding hydrogens is 256 g/mol. The first kappa shape index (κ1) is 15.3. The number of carbonyl (C=O) groups is 2. The number of rotatable bonds is 5. The molecule has 20 heavy (non-hydrogen) atoms. The molecule has 2 bridgehead atoms. The maximum Gasteiger partial charge on any atom is 0.303 e. The van der Waals surface area contributed by atoms with Crippen molar-refractivity contribution < 1.29 is 14.7 Å². The molecule has 0 radical (unpaired) electrons. The quantitative estimate of drug-likeness (QED) is 0.804. The number of amides is 1. The van der Waals surface area contributed by atoms with Crippen LogP contribution in [0, 0.1) is 5.92 Å². The molecule has 1 amide bonds. The van der Waals surface area contributed by atoms with Crippen molar-refractivity contribution in [2.24, 2.45) is 11.7 Å². The van der Waals surface area contributed by atoms with Crippen LogP contribution >= 0.6 is 0 Å². The molecule has 2 aliphatic rings. The van der Waals surface area contributed by atoms with E-state index in [9.17, 15) is 9.59 Å². The molecule has 2 rings (SSSR count). The van der Waals surface area contributed by atoms with Gasteiger partial charge in [0.05, 0.1) is 5.54 Å². The van der Waals surface area contributed by atoms with Crippen LogP contribution in [0.5, 0.6) is 0 Å². The third kappa shape index (κ3) is 2.97. The highest BCUT2D eigenvalue weighted by molar-refractivity contribution is 5.86. The fourth-order valence-corrected chi connectivity index (χ4v) is 3.96. The zero-order chi connectivity index (χ0) is 14.9. The molecule has 2 aliphatic heterocycles. The number of piperidine rings is 1. The molecule has 0 saturated carbocycles.